The van der Waals surface area contributed by atoms with E-state index in [0.29, 0.717) is 6.04 Å². The van der Waals surface area contributed by atoms with Gasteiger partial charge in [0.2, 0.25) is 0 Å². The second kappa shape index (κ2) is 5.18. The van der Waals surface area contributed by atoms with Crippen LogP contribution in [0.5, 0.6) is 0 Å². The van der Waals surface area contributed by atoms with Gasteiger partial charge in [0.25, 0.3) is 0 Å². The normalized spacial score (nSPS) is 23.7. The molecule has 12 heavy (non-hydrogen) atoms. The number of hydrogen-bond acceptors (Lipinski definition) is 2. The highest BCUT2D eigenvalue weighted by molar-refractivity contribution is 4.99. The third-order valence-electron chi connectivity index (χ3n) is 2.32. The molecule has 0 unspecified atom stereocenters. The van der Waals surface area contributed by atoms with Crippen molar-refractivity contribution in [3.05, 3.63) is 0 Å². The van der Waals surface area contributed by atoms with Crippen LogP contribution in [0.3, 0.4) is 0 Å². The molecule has 0 saturated carbocycles. The Hall–Kier alpha value is -0.520. The van der Waals surface area contributed by atoms with Gasteiger partial charge >= 0.3 is 0 Å². The van der Waals surface area contributed by atoms with Crippen molar-refractivity contribution in [3.63, 3.8) is 0 Å². The average Bonchev–Trinajstić information content (AvgIpc) is 2.50. The van der Waals surface area contributed by atoms with Crippen LogP contribution < -0.4 is 0 Å². The van der Waals surface area contributed by atoms with Crippen LogP contribution >= 0.6 is 0 Å². The predicted molar refractivity (Wildman–Crippen MR) is 49.9 cm³/mol. The molecule has 0 aliphatic carbocycles. The molecular weight excluding hydrogens is 150 g/mol. The summed E-state index contributed by atoms with van der Waals surface area (Å²) in [6, 6.07) is 0.607. The number of methoxy groups -OCH3 is 1. The highest BCUT2D eigenvalue weighted by atomic mass is 16.5. The Kier molecular flexibility index (Phi) is 4.13. The number of ether oxygens (including phenoxy) is 1. The smallest absolute Gasteiger partial charge is 0.0618 e. The second-order valence-electron chi connectivity index (χ2n) is 3.15. The SMILES string of the molecule is CC#CCN1CCC[C@H]1COC. The summed E-state index contributed by atoms with van der Waals surface area (Å²) < 4.78 is 5.15. The van der Waals surface area contributed by atoms with Crippen LogP contribution in [-0.2, 0) is 4.74 Å². The van der Waals surface area contributed by atoms with Gasteiger partial charge in [-0.15, -0.1) is 5.92 Å². The number of likely N-dealkylation sites (tertiary alicyclic amines) is 1. The monoisotopic (exact) mass is 167 g/mol. The molecule has 1 aliphatic rings. The maximum absolute atomic E-state index is 5.15. The molecule has 1 aliphatic heterocycles. The molecule has 1 fully saturated rings. The van der Waals surface area contributed by atoms with E-state index in [4.69, 9.17) is 4.74 Å². The largest absolute Gasteiger partial charge is 0.383 e. The summed E-state index contributed by atoms with van der Waals surface area (Å²) >= 11 is 0. The first-order chi connectivity index (χ1) is 5.88. The van der Waals surface area contributed by atoms with Crippen LogP contribution in [0.1, 0.15) is 19.8 Å². The molecule has 68 valence electrons. The molecule has 0 bridgehead atoms. The second-order valence-corrected chi connectivity index (χ2v) is 3.15. The minimum atomic E-state index is 0.607. The molecule has 0 aromatic rings. The zero-order chi connectivity index (χ0) is 8.81. The molecule has 0 aromatic carbocycles. The van der Waals surface area contributed by atoms with Crippen LogP contribution in [0.2, 0.25) is 0 Å². The Morgan fingerprint density at radius 3 is 3.08 bits per heavy atom. The number of nitrogens with zero attached hydrogens (tertiary/aromatic N) is 1. The zero-order valence-electron chi connectivity index (χ0n) is 7.97. The Morgan fingerprint density at radius 2 is 2.42 bits per heavy atom. The van der Waals surface area contributed by atoms with Gasteiger partial charge in [-0.3, -0.25) is 4.90 Å². The van der Waals surface area contributed by atoms with Crippen LogP contribution in [0, 0.1) is 11.8 Å². The van der Waals surface area contributed by atoms with Crippen molar-refractivity contribution in [2.24, 2.45) is 0 Å². The van der Waals surface area contributed by atoms with Gasteiger partial charge < -0.3 is 4.74 Å². The molecule has 0 spiro atoms. The van der Waals surface area contributed by atoms with E-state index in [1.165, 1.54) is 19.4 Å². The van der Waals surface area contributed by atoms with Crippen molar-refractivity contribution in [1.29, 1.82) is 0 Å². The van der Waals surface area contributed by atoms with Gasteiger partial charge in [0, 0.05) is 13.2 Å². The summed E-state index contributed by atoms with van der Waals surface area (Å²) in [5.74, 6) is 6.02. The summed E-state index contributed by atoms with van der Waals surface area (Å²) in [7, 11) is 1.77. The van der Waals surface area contributed by atoms with E-state index in [9.17, 15) is 0 Å². The van der Waals surface area contributed by atoms with Crippen LogP contribution in [0.4, 0.5) is 0 Å². The average molecular weight is 167 g/mol. The Bertz CT molecular complexity index is 180. The van der Waals surface area contributed by atoms with Crippen molar-refractivity contribution < 1.29 is 4.74 Å². The van der Waals surface area contributed by atoms with Crippen LogP contribution in [0.15, 0.2) is 0 Å². The molecule has 1 saturated heterocycles. The Labute approximate surface area is 74.9 Å². The van der Waals surface area contributed by atoms with Crippen LogP contribution in [0.25, 0.3) is 0 Å². The van der Waals surface area contributed by atoms with Gasteiger partial charge in [-0.2, -0.15) is 0 Å². The van der Waals surface area contributed by atoms with E-state index < -0.39 is 0 Å². The molecule has 1 heterocycles. The highest BCUT2D eigenvalue weighted by Gasteiger charge is 2.22. The van der Waals surface area contributed by atoms with Gasteiger partial charge in [0.1, 0.15) is 0 Å². The zero-order valence-corrected chi connectivity index (χ0v) is 7.97. The third kappa shape index (κ3) is 2.51. The van der Waals surface area contributed by atoms with Crippen molar-refractivity contribution in [3.8, 4) is 11.8 Å². The lowest BCUT2D eigenvalue weighted by Gasteiger charge is -2.20. The van der Waals surface area contributed by atoms with Crippen molar-refractivity contribution in [2.75, 3.05) is 26.8 Å². The van der Waals surface area contributed by atoms with Gasteiger partial charge in [-0.25, -0.2) is 0 Å². The molecular formula is C10H17NO. The molecule has 2 nitrogen and oxygen atoms in total. The quantitative estimate of drug-likeness (QED) is 0.584. The molecule has 2 heteroatoms. The highest BCUT2D eigenvalue weighted by Crippen LogP contribution is 2.16. The summed E-state index contributed by atoms with van der Waals surface area (Å²) in [6.07, 6.45) is 2.55. The molecule has 0 aromatic heterocycles. The number of hydrogen-bond donors (Lipinski definition) is 0. The summed E-state index contributed by atoms with van der Waals surface area (Å²) in [4.78, 5) is 2.40. The fraction of sp³-hybridized carbons (Fsp3) is 0.800. The summed E-state index contributed by atoms with van der Waals surface area (Å²) in [5, 5.41) is 0. The number of rotatable bonds is 3. The maximum Gasteiger partial charge on any atom is 0.0618 e. The topological polar surface area (TPSA) is 12.5 Å². The fourth-order valence-corrected chi connectivity index (χ4v) is 1.67. The third-order valence-corrected chi connectivity index (χ3v) is 2.32. The first-order valence-corrected chi connectivity index (χ1v) is 4.51. The lowest BCUT2D eigenvalue weighted by molar-refractivity contribution is 0.123. The Balaban J connectivity index is 2.33. The molecule has 0 radical (unpaired) electrons. The van der Waals surface area contributed by atoms with Gasteiger partial charge in [0.05, 0.1) is 13.2 Å². The van der Waals surface area contributed by atoms with Crippen molar-refractivity contribution in [1.82, 2.24) is 4.90 Å². The van der Waals surface area contributed by atoms with Gasteiger partial charge in [-0.05, 0) is 26.3 Å². The molecule has 0 amide bonds. The predicted octanol–water partition coefficient (Wildman–Crippen LogP) is 1.12. The van der Waals surface area contributed by atoms with E-state index >= 15 is 0 Å². The first-order valence-electron chi connectivity index (χ1n) is 4.51. The summed E-state index contributed by atoms with van der Waals surface area (Å²) in [6.45, 7) is 4.83. The summed E-state index contributed by atoms with van der Waals surface area (Å²) in [5.41, 5.74) is 0. The van der Waals surface area contributed by atoms with E-state index in [-0.39, 0.29) is 0 Å². The molecule has 0 N–H and O–H groups in total. The standard InChI is InChI=1S/C10H17NO/c1-3-4-7-11-8-5-6-10(11)9-12-2/h10H,5-9H2,1-2H3/t10-/m0/s1. The van der Waals surface area contributed by atoms with E-state index in [1.807, 2.05) is 6.92 Å². The lowest BCUT2D eigenvalue weighted by atomic mass is 10.2. The van der Waals surface area contributed by atoms with Crippen LogP contribution in [-0.4, -0.2) is 37.7 Å². The minimum absolute atomic E-state index is 0.607. The minimum Gasteiger partial charge on any atom is -0.383 e. The lowest BCUT2D eigenvalue weighted by Crippen LogP contribution is -2.33. The van der Waals surface area contributed by atoms with Gasteiger partial charge in [0.15, 0.2) is 0 Å². The van der Waals surface area contributed by atoms with Gasteiger partial charge in [-0.1, -0.05) is 5.92 Å². The molecule has 1 atom stereocenters. The van der Waals surface area contributed by atoms with E-state index in [1.54, 1.807) is 7.11 Å². The molecule has 1 rings (SSSR count). The fourth-order valence-electron chi connectivity index (χ4n) is 1.67. The van der Waals surface area contributed by atoms with Crippen molar-refractivity contribution in [2.45, 2.75) is 25.8 Å². The first kappa shape index (κ1) is 9.57. The Morgan fingerprint density at radius 1 is 1.58 bits per heavy atom. The van der Waals surface area contributed by atoms with E-state index in [2.05, 4.69) is 16.7 Å². The maximum atomic E-state index is 5.15. The van der Waals surface area contributed by atoms with Crippen molar-refractivity contribution >= 4 is 0 Å². The van der Waals surface area contributed by atoms with E-state index in [0.717, 1.165) is 13.2 Å².